The van der Waals surface area contributed by atoms with Gasteiger partial charge in [0, 0.05) is 37.9 Å². The Morgan fingerprint density at radius 2 is 2.10 bits per heavy atom. The Bertz CT molecular complexity index is 458. The molecule has 4 heteroatoms. The molecule has 0 aromatic carbocycles. The molecule has 1 aromatic rings. The third-order valence-corrected chi connectivity index (χ3v) is 4.01. The topological polar surface area (TPSA) is 31.4 Å². The van der Waals surface area contributed by atoms with Crippen molar-refractivity contribution in [3.63, 3.8) is 0 Å². The van der Waals surface area contributed by atoms with Crippen LogP contribution in [0.25, 0.3) is 0 Å². The van der Waals surface area contributed by atoms with Crippen molar-refractivity contribution in [2.45, 2.75) is 40.3 Å². The highest BCUT2D eigenvalue weighted by molar-refractivity contribution is 5.44. The average molecular weight is 290 g/mol. The summed E-state index contributed by atoms with van der Waals surface area (Å²) in [6, 6.07) is 4.97. The van der Waals surface area contributed by atoms with E-state index in [-0.39, 0.29) is 0 Å². The zero-order valence-corrected chi connectivity index (χ0v) is 14.2. The van der Waals surface area contributed by atoms with Gasteiger partial charge in [-0.3, -0.25) is 0 Å². The Hall–Kier alpha value is -1.13. The second-order valence-corrected chi connectivity index (χ2v) is 6.80. The molecular weight excluding hydrogens is 260 g/mol. The highest BCUT2D eigenvalue weighted by Gasteiger charge is 2.22. The maximum atomic E-state index is 4.76. The van der Waals surface area contributed by atoms with Gasteiger partial charge in [-0.05, 0) is 51.1 Å². The summed E-state index contributed by atoms with van der Waals surface area (Å²) >= 11 is 0. The van der Waals surface area contributed by atoms with Crippen molar-refractivity contribution in [3.8, 4) is 0 Å². The maximum absolute atomic E-state index is 4.76. The van der Waals surface area contributed by atoms with E-state index < -0.39 is 0 Å². The second-order valence-electron chi connectivity index (χ2n) is 6.80. The molecule has 1 aromatic heterocycles. The van der Waals surface area contributed by atoms with Gasteiger partial charge in [0.15, 0.2) is 0 Å². The van der Waals surface area contributed by atoms with E-state index >= 15 is 0 Å². The molecule has 0 spiro atoms. The summed E-state index contributed by atoms with van der Waals surface area (Å²) in [4.78, 5) is 9.59. The fourth-order valence-electron chi connectivity index (χ4n) is 2.96. The van der Waals surface area contributed by atoms with E-state index in [1.807, 2.05) is 0 Å². The second kappa shape index (κ2) is 7.23. The molecular formula is C17H30N4. The van der Waals surface area contributed by atoms with E-state index in [1.54, 1.807) is 0 Å². The molecule has 1 unspecified atom stereocenters. The van der Waals surface area contributed by atoms with Crippen LogP contribution in [0.3, 0.4) is 0 Å². The summed E-state index contributed by atoms with van der Waals surface area (Å²) in [6.45, 7) is 14.1. The van der Waals surface area contributed by atoms with Gasteiger partial charge in [0.05, 0.1) is 0 Å². The number of aryl methyl sites for hydroxylation is 1. The van der Waals surface area contributed by atoms with Crippen molar-refractivity contribution in [2.75, 3.05) is 38.1 Å². The lowest BCUT2D eigenvalue weighted by atomic mass is 10.1. The normalized spacial score (nSPS) is 20.3. The number of aromatic nitrogens is 1. The fourth-order valence-corrected chi connectivity index (χ4v) is 2.96. The van der Waals surface area contributed by atoms with Gasteiger partial charge in [-0.15, -0.1) is 0 Å². The molecule has 0 saturated carbocycles. The minimum atomic E-state index is 0.523. The van der Waals surface area contributed by atoms with Crippen molar-refractivity contribution in [1.29, 1.82) is 0 Å². The maximum Gasteiger partial charge on any atom is 0.129 e. The summed E-state index contributed by atoms with van der Waals surface area (Å²) in [7, 11) is 2.19. The number of nitrogens with zero attached hydrogens (tertiary/aromatic N) is 3. The van der Waals surface area contributed by atoms with Crippen molar-refractivity contribution in [2.24, 2.45) is 5.92 Å². The molecule has 2 rings (SSSR count). The lowest BCUT2D eigenvalue weighted by molar-refractivity contribution is 0.274. The Labute approximate surface area is 129 Å². The molecule has 1 N–H and O–H groups in total. The van der Waals surface area contributed by atoms with E-state index in [1.165, 1.54) is 5.56 Å². The Kier molecular flexibility index (Phi) is 5.59. The number of nitrogens with one attached hydrogen (secondary N) is 1. The first-order valence-corrected chi connectivity index (χ1v) is 8.09. The molecule has 0 amide bonds. The molecule has 1 aliphatic heterocycles. The minimum Gasteiger partial charge on any atom is -0.351 e. The van der Waals surface area contributed by atoms with Crippen LogP contribution in [-0.4, -0.2) is 49.2 Å². The molecule has 0 radical (unpaired) electrons. The van der Waals surface area contributed by atoms with Crippen LogP contribution >= 0.6 is 0 Å². The lowest BCUT2D eigenvalue weighted by Crippen LogP contribution is -2.50. The number of piperazine rings is 1. The van der Waals surface area contributed by atoms with E-state index in [4.69, 9.17) is 4.98 Å². The zero-order chi connectivity index (χ0) is 15.4. The smallest absolute Gasteiger partial charge is 0.129 e. The van der Waals surface area contributed by atoms with Crippen LogP contribution in [0.5, 0.6) is 0 Å². The van der Waals surface area contributed by atoms with Crippen LogP contribution in [-0.2, 0) is 6.54 Å². The molecule has 1 saturated heterocycles. The van der Waals surface area contributed by atoms with Gasteiger partial charge in [-0.25, -0.2) is 4.98 Å². The molecule has 0 aliphatic carbocycles. The van der Waals surface area contributed by atoms with Crippen LogP contribution in [0.1, 0.15) is 32.0 Å². The third-order valence-electron chi connectivity index (χ3n) is 4.01. The van der Waals surface area contributed by atoms with Gasteiger partial charge in [0.2, 0.25) is 0 Å². The first kappa shape index (κ1) is 16.2. The highest BCUT2D eigenvalue weighted by atomic mass is 15.3. The van der Waals surface area contributed by atoms with Crippen molar-refractivity contribution in [3.05, 3.63) is 23.4 Å². The Balaban J connectivity index is 2.07. The SMILES string of the molecule is Cc1cc(CNCC(C)C)cc(N2CCN(C)CC2C)n1. The van der Waals surface area contributed by atoms with E-state index in [0.717, 1.165) is 44.2 Å². The first-order valence-electron chi connectivity index (χ1n) is 8.09. The van der Waals surface area contributed by atoms with E-state index in [0.29, 0.717) is 12.0 Å². The number of anilines is 1. The number of rotatable bonds is 5. The molecule has 118 valence electrons. The minimum absolute atomic E-state index is 0.523. The first-order chi connectivity index (χ1) is 9.95. The predicted molar refractivity (Wildman–Crippen MR) is 89.8 cm³/mol. The summed E-state index contributed by atoms with van der Waals surface area (Å²) in [6.07, 6.45) is 0. The Morgan fingerprint density at radius 3 is 2.76 bits per heavy atom. The Morgan fingerprint density at radius 1 is 1.33 bits per heavy atom. The molecule has 4 nitrogen and oxygen atoms in total. The lowest BCUT2D eigenvalue weighted by Gasteiger charge is -2.39. The van der Waals surface area contributed by atoms with Crippen molar-refractivity contribution < 1.29 is 0 Å². The number of hydrogen-bond donors (Lipinski definition) is 1. The van der Waals surface area contributed by atoms with Crippen molar-refractivity contribution in [1.82, 2.24) is 15.2 Å². The van der Waals surface area contributed by atoms with Gasteiger partial charge in [-0.1, -0.05) is 13.8 Å². The number of hydrogen-bond acceptors (Lipinski definition) is 4. The van der Waals surface area contributed by atoms with Gasteiger partial charge < -0.3 is 15.1 Å². The fraction of sp³-hybridized carbons (Fsp3) is 0.706. The van der Waals surface area contributed by atoms with Crippen LogP contribution in [0.2, 0.25) is 0 Å². The predicted octanol–water partition coefficient (Wildman–Crippen LogP) is 2.28. The quantitative estimate of drug-likeness (QED) is 0.901. The molecule has 21 heavy (non-hydrogen) atoms. The highest BCUT2D eigenvalue weighted by Crippen LogP contribution is 2.20. The standard InChI is InChI=1S/C17H30N4/c1-13(2)10-18-11-16-8-14(3)19-17(9-16)21-7-6-20(5)12-15(21)4/h8-9,13,15,18H,6-7,10-12H2,1-5H3. The molecule has 2 heterocycles. The van der Waals surface area contributed by atoms with Gasteiger partial charge in [-0.2, -0.15) is 0 Å². The third kappa shape index (κ3) is 4.68. The largest absolute Gasteiger partial charge is 0.351 e. The summed E-state index contributed by atoms with van der Waals surface area (Å²) in [5, 5.41) is 3.52. The number of pyridine rings is 1. The number of likely N-dealkylation sites (N-methyl/N-ethyl adjacent to an activating group) is 1. The van der Waals surface area contributed by atoms with Crippen LogP contribution in [0.15, 0.2) is 12.1 Å². The molecule has 0 bridgehead atoms. The molecule has 1 atom stereocenters. The van der Waals surface area contributed by atoms with Crippen LogP contribution < -0.4 is 10.2 Å². The summed E-state index contributed by atoms with van der Waals surface area (Å²) < 4.78 is 0. The van der Waals surface area contributed by atoms with Crippen molar-refractivity contribution >= 4 is 5.82 Å². The van der Waals surface area contributed by atoms with E-state index in [9.17, 15) is 0 Å². The van der Waals surface area contributed by atoms with Gasteiger partial charge >= 0.3 is 0 Å². The van der Waals surface area contributed by atoms with Gasteiger partial charge in [0.1, 0.15) is 5.82 Å². The average Bonchev–Trinajstić information content (AvgIpc) is 2.37. The van der Waals surface area contributed by atoms with Crippen LogP contribution in [0, 0.1) is 12.8 Å². The summed E-state index contributed by atoms with van der Waals surface area (Å²) in [5.41, 5.74) is 2.45. The van der Waals surface area contributed by atoms with E-state index in [2.05, 4.69) is 62.0 Å². The van der Waals surface area contributed by atoms with Crippen LogP contribution in [0.4, 0.5) is 5.82 Å². The molecule has 1 fully saturated rings. The monoisotopic (exact) mass is 290 g/mol. The zero-order valence-electron chi connectivity index (χ0n) is 14.2. The molecule has 1 aliphatic rings. The van der Waals surface area contributed by atoms with Gasteiger partial charge in [0.25, 0.3) is 0 Å². The summed E-state index contributed by atoms with van der Waals surface area (Å²) in [5.74, 6) is 1.82.